The van der Waals surface area contributed by atoms with E-state index in [-0.39, 0.29) is 18.4 Å². The van der Waals surface area contributed by atoms with Gasteiger partial charge >= 0.3 is 0 Å². The first-order chi connectivity index (χ1) is 11.8. The molecule has 24 heavy (non-hydrogen) atoms. The second kappa shape index (κ2) is 6.40. The van der Waals surface area contributed by atoms with Gasteiger partial charge in [-0.05, 0) is 18.4 Å². The lowest BCUT2D eigenvalue weighted by Gasteiger charge is -2.34. The van der Waals surface area contributed by atoms with Crippen molar-refractivity contribution in [1.29, 1.82) is 0 Å². The summed E-state index contributed by atoms with van der Waals surface area (Å²) in [7, 11) is 0. The van der Waals surface area contributed by atoms with E-state index < -0.39 is 0 Å². The van der Waals surface area contributed by atoms with Gasteiger partial charge in [-0.1, -0.05) is 36.8 Å². The van der Waals surface area contributed by atoms with Crippen LogP contribution < -0.4 is 0 Å². The van der Waals surface area contributed by atoms with Crippen molar-refractivity contribution in [1.82, 2.24) is 14.7 Å². The third kappa shape index (κ3) is 2.73. The second-order valence-corrected chi connectivity index (χ2v) is 6.81. The smallest absolute Gasteiger partial charge is 0.225 e. The Morgan fingerprint density at radius 1 is 1.25 bits per heavy atom. The molecule has 1 aliphatic carbocycles. The third-order valence-corrected chi connectivity index (χ3v) is 5.31. The average Bonchev–Trinajstić information content (AvgIpc) is 2.91. The van der Waals surface area contributed by atoms with Crippen LogP contribution in [0.4, 0.5) is 0 Å². The van der Waals surface area contributed by atoms with Gasteiger partial charge in [0.05, 0.1) is 18.8 Å². The molecule has 0 unspecified atom stereocenters. The highest BCUT2D eigenvalue weighted by Crippen LogP contribution is 2.31. The van der Waals surface area contributed by atoms with Crippen molar-refractivity contribution >= 4 is 5.91 Å². The van der Waals surface area contributed by atoms with Crippen LogP contribution in [0.5, 0.6) is 0 Å². The van der Waals surface area contributed by atoms with Crippen LogP contribution in [0.1, 0.15) is 41.8 Å². The standard InChI is InChI=1S/C19H23N3O2/c23-13-17-16-12-21(19(24)15-7-4-8-15)10-9-18(16)22(20-17)11-14-5-2-1-3-6-14/h1-3,5-6,15,23H,4,7-13H2. The number of carbonyl (C=O) groups excluding carboxylic acids is 1. The number of aliphatic hydroxyl groups excluding tert-OH is 1. The Labute approximate surface area is 141 Å². The highest BCUT2D eigenvalue weighted by Gasteiger charge is 2.33. The van der Waals surface area contributed by atoms with Gasteiger partial charge in [0.25, 0.3) is 0 Å². The molecule has 1 N–H and O–H groups in total. The molecule has 0 saturated heterocycles. The highest BCUT2D eigenvalue weighted by molar-refractivity contribution is 5.79. The number of rotatable bonds is 4. The summed E-state index contributed by atoms with van der Waals surface area (Å²) in [5, 5.41) is 14.3. The molecule has 1 aromatic heterocycles. The summed E-state index contributed by atoms with van der Waals surface area (Å²) < 4.78 is 2.00. The van der Waals surface area contributed by atoms with Gasteiger partial charge < -0.3 is 10.0 Å². The zero-order valence-corrected chi connectivity index (χ0v) is 13.8. The predicted octanol–water partition coefficient (Wildman–Crippen LogP) is 2.11. The number of nitrogens with zero attached hydrogens (tertiary/aromatic N) is 3. The quantitative estimate of drug-likeness (QED) is 0.936. The predicted molar refractivity (Wildman–Crippen MR) is 90.2 cm³/mol. The molecule has 1 fully saturated rings. The van der Waals surface area contributed by atoms with Crippen LogP contribution in [0.2, 0.25) is 0 Å². The first kappa shape index (κ1) is 15.4. The van der Waals surface area contributed by atoms with Crippen LogP contribution in [0, 0.1) is 5.92 Å². The van der Waals surface area contributed by atoms with Gasteiger partial charge in [0.15, 0.2) is 0 Å². The Morgan fingerprint density at radius 3 is 2.71 bits per heavy atom. The third-order valence-electron chi connectivity index (χ3n) is 5.31. The van der Waals surface area contributed by atoms with Crippen LogP contribution in [0.3, 0.4) is 0 Å². The van der Waals surface area contributed by atoms with E-state index in [1.54, 1.807) is 0 Å². The minimum absolute atomic E-state index is 0.0738. The number of amides is 1. The molecule has 5 nitrogen and oxygen atoms in total. The maximum absolute atomic E-state index is 12.5. The molecule has 1 aliphatic heterocycles. The molecule has 0 radical (unpaired) electrons. The molecule has 0 spiro atoms. The van der Waals surface area contributed by atoms with Crippen LogP contribution in [0.15, 0.2) is 30.3 Å². The maximum atomic E-state index is 12.5. The zero-order chi connectivity index (χ0) is 16.5. The Balaban J connectivity index is 1.57. The van der Waals surface area contributed by atoms with Gasteiger partial charge in [-0.2, -0.15) is 5.10 Å². The summed E-state index contributed by atoms with van der Waals surface area (Å²) in [4.78, 5) is 14.5. The molecule has 0 bridgehead atoms. The Morgan fingerprint density at radius 2 is 2.04 bits per heavy atom. The zero-order valence-electron chi connectivity index (χ0n) is 13.8. The SMILES string of the molecule is O=C(C1CCC1)N1CCc2c(c(CO)nn2Cc2ccccc2)C1. The Bertz CT molecular complexity index is 735. The molecule has 2 aliphatic rings. The van der Waals surface area contributed by atoms with Crippen molar-refractivity contribution in [2.75, 3.05) is 6.54 Å². The molecule has 2 heterocycles. The van der Waals surface area contributed by atoms with E-state index in [0.717, 1.165) is 31.4 Å². The summed E-state index contributed by atoms with van der Waals surface area (Å²) in [5.41, 5.74) is 4.13. The first-order valence-electron chi connectivity index (χ1n) is 8.77. The van der Waals surface area contributed by atoms with Crippen molar-refractivity contribution in [3.8, 4) is 0 Å². The molecular weight excluding hydrogens is 302 g/mol. The fourth-order valence-electron chi connectivity index (χ4n) is 3.68. The van der Waals surface area contributed by atoms with Gasteiger partial charge in [0.2, 0.25) is 5.91 Å². The number of fused-ring (bicyclic) bond motifs is 1. The molecule has 126 valence electrons. The van der Waals surface area contributed by atoms with E-state index in [4.69, 9.17) is 0 Å². The van der Waals surface area contributed by atoms with Gasteiger partial charge in [-0.3, -0.25) is 9.48 Å². The molecular formula is C19H23N3O2. The van der Waals surface area contributed by atoms with Gasteiger partial charge in [0.1, 0.15) is 0 Å². The molecule has 5 heteroatoms. The van der Waals surface area contributed by atoms with Crippen molar-refractivity contribution in [3.63, 3.8) is 0 Å². The van der Waals surface area contributed by atoms with Crippen molar-refractivity contribution in [2.45, 2.75) is 45.4 Å². The van der Waals surface area contributed by atoms with E-state index in [1.807, 2.05) is 27.8 Å². The van der Waals surface area contributed by atoms with Crippen molar-refractivity contribution < 1.29 is 9.90 Å². The van der Waals surface area contributed by atoms with Crippen LogP contribution >= 0.6 is 0 Å². The lowest BCUT2D eigenvalue weighted by molar-refractivity contribution is -0.139. The van der Waals surface area contributed by atoms with E-state index in [9.17, 15) is 9.90 Å². The van der Waals surface area contributed by atoms with E-state index >= 15 is 0 Å². The van der Waals surface area contributed by atoms with Crippen LogP contribution in [-0.2, 0) is 30.9 Å². The summed E-state index contributed by atoms with van der Waals surface area (Å²) in [6, 6.07) is 10.2. The topological polar surface area (TPSA) is 58.4 Å². The summed E-state index contributed by atoms with van der Waals surface area (Å²) in [5.74, 6) is 0.509. The summed E-state index contributed by atoms with van der Waals surface area (Å²) in [6.45, 7) is 1.98. The van der Waals surface area contributed by atoms with Crippen LogP contribution in [-0.4, -0.2) is 32.2 Å². The largest absolute Gasteiger partial charge is 0.390 e. The van der Waals surface area contributed by atoms with Gasteiger partial charge in [-0.15, -0.1) is 0 Å². The molecule has 4 rings (SSSR count). The monoisotopic (exact) mass is 325 g/mol. The number of carbonyl (C=O) groups is 1. The number of aliphatic hydroxyl groups is 1. The fraction of sp³-hybridized carbons (Fsp3) is 0.474. The van der Waals surface area contributed by atoms with Gasteiger partial charge in [-0.25, -0.2) is 0 Å². The summed E-state index contributed by atoms with van der Waals surface area (Å²) >= 11 is 0. The van der Waals surface area contributed by atoms with Crippen molar-refractivity contribution in [2.24, 2.45) is 5.92 Å². The second-order valence-electron chi connectivity index (χ2n) is 6.81. The minimum Gasteiger partial charge on any atom is -0.390 e. The van der Waals surface area contributed by atoms with Gasteiger partial charge in [0, 0.05) is 36.7 Å². The molecule has 1 amide bonds. The number of aromatic nitrogens is 2. The van der Waals surface area contributed by atoms with E-state index in [0.29, 0.717) is 18.8 Å². The average molecular weight is 325 g/mol. The normalized spacial score (nSPS) is 17.5. The van der Waals surface area contributed by atoms with Crippen molar-refractivity contribution in [3.05, 3.63) is 52.8 Å². The minimum atomic E-state index is -0.0738. The van der Waals surface area contributed by atoms with E-state index in [1.165, 1.54) is 17.7 Å². The lowest BCUT2D eigenvalue weighted by atomic mass is 9.84. The summed E-state index contributed by atoms with van der Waals surface area (Å²) in [6.07, 6.45) is 4.05. The molecule has 1 aromatic carbocycles. The number of benzene rings is 1. The first-order valence-corrected chi connectivity index (χ1v) is 8.77. The van der Waals surface area contributed by atoms with Crippen LogP contribution in [0.25, 0.3) is 0 Å². The highest BCUT2D eigenvalue weighted by atomic mass is 16.3. The Hall–Kier alpha value is -2.14. The van der Waals surface area contributed by atoms with E-state index in [2.05, 4.69) is 17.2 Å². The maximum Gasteiger partial charge on any atom is 0.225 e. The Kier molecular flexibility index (Phi) is 4.10. The molecule has 0 atom stereocenters. The fourth-order valence-corrected chi connectivity index (χ4v) is 3.68. The molecule has 2 aromatic rings. The molecule has 1 saturated carbocycles. The number of hydrogen-bond acceptors (Lipinski definition) is 3. The lowest BCUT2D eigenvalue weighted by Crippen LogP contribution is -2.42. The number of hydrogen-bond donors (Lipinski definition) is 1.